The van der Waals surface area contributed by atoms with Crippen LogP contribution in [0.4, 0.5) is 0 Å². The fourth-order valence-electron chi connectivity index (χ4n) is 1.70. The molecule has 1 heterocycles. The molecule has 0 saturated heterocycles. The summed E-state index contributed by atoms with van der Waals surface area (Å²) in [6.07, 6.45) is 5.04. The third-order valence-corrected chi connectivity index (χ3v) is 3.26. The second-order valence-corrected chi connectivity index (χ2v) is 5.40. The van der Waals surface area contributed by atoms with Gasteiger partial charge in [0, 0.05) is 39.0 Å². The SMILES string of the molecule is CN(CCc1ccncc1)CC(=O)N(C)CCC(N)=S. The van der Waals surface area contributed by atoms with Gasteiger partial charge < -0.3 is 10.6 Å². The van der Waals surface area contributed by atoms with Crippen LogP contribution in [0.1, 0.15) is 12.0 Å². The quantitative estimate of drug-likeness (QED) is 0.715. The molecule has 0 spiro atoms. The summed E-state index contributed by atoms with van der Waals surface area (Å²) in [4.78, 5) is 20.1. The van der Waals surface area contributed by atoms with E-state index in [9.17, 15) is 4.79 Å². The van der Waals surface area contributed by atoms with Gasteiger partial charge in [-0.05, 0) is 31.2 Å². The van der Waals surface area contributed by atoms with Gasteiger partial charge in [0.25, 0.3) is 0 Å². The third-order valence-electron chi connectivity index (χ3n) is 3.06. The molecule has 20 heavy (non-hydrogen) atoms. The second kappa shape index (κ2) is 8.60. The third kappa shape index (κ3) is 6.58. The lowest BCUT2D eigenvalue weighted by Crippen LogP contribution is -2.38. The summed E-state index contributed by atoms with van der Waals surface area (Å²) in [5.41, 5.74) is 6.66. The van der Waals surface area contributed by atoms with Crippen LogP contribution in [0.25, 0.3) is 0 Å². The summed E-state index contributed by atoms with van der Waals surface area (Å²) in [5, 5.41) is 0. The Bertz CT molecular complexity index is 438. The van der Waals surface area contributed by atoms with Crippen LogP contribution in [0.15, 0.2) is 24.5 Å². The molecule has 2 N–H and O–H groups in total. The Kier molecular flexibility index (Phi) is 7.11. The van der Waals surface area contributed by atoms with Crippen LogP contribution in [-0.4, -0.2) is 59.4 Å². The molecule has 0 saturated carbocycles. The van der Waals surface area contributed by atoms with Crippen molar-refractivity contribution in [3.8, 4) is 0 Å². The first-order valence-electron chi connectivity index (χ1n) is 6.58. The van der Waals surface area contributed by atoms with E-state index in [1.165, 1.54) is 5.56 Å². The van der Waals surface area contributed by atoms with E-state index in [1.807, 2.05) is 24.1 Å². The highest BCUT2D eigenvalue weighted by atomic mass is 32.1. The van der Waals surface area contributed by atoms with Gasteiger partial charge in [-0.15, -0.1) is 0 Å². The number of nitrogens with zero attached hydrogens (tertiary/aromatic N) is 3. The molecule has 0 aliphatic carbocycles. The molecule has 0 fully saturated rings. The smallest absolute Gasteiger partial charge is 0.236 e. The summed E-state index contributed by atoms with van der Waals surface area (Å²) >= 11 is 4.81. The predicted molar refractivity (Wildman–Crippen MR) is 84.5 cm³/mol. The molecule has 1 rings (SSSR count). The summed E-state index contributed by atoms with van der Waals surface area (Å²) in [7, 11) is 3.72. The topological polar surface area (TPSA) is 62.5 Å². The standard InChI is InChI=1S/C14H22N4OS/c1-17(9-5-12-3-7-16-8-4-12)11-14(19)18(2)10-6-13(15)20/h3-4,7-8H,5-6,9-11H2,1-2H3,(H2,15,20). The van der Waals surface area contributed by atoms with E-state index in [2.05, 4.69) is 4.98 Å². The van der Waals surface area contributed by atoms with Crippen molar-refractivity contribution in [3.05, 3.63) is 30.1 Å². The lowest BCUT2D eigenvalue weighted by Gasteiger charge is -2.21. The molecule has 0 unspecified atom stereocenters. The number of carbonyl (C=O) groups excluding carboxylic acids is 1. The van der Waals surface area contributed by atoms with E-state index in [1.54, 1.807) is 24.3 Å². The molecule has 0 bridgehead atoms. The molecule has 1 amide bonds. The average molecular weight is 294 g/mol. The number of rotatable bonds is 8. The van der Waals surface area contributed by atoms with Crippen molar-refractivity contribution in [2.24, 2.45) is 5.73 Å². The van der Waals surface area contributed by atoms with Gasteiger partial charge in [0.1, 0.15) is 0 Å². The monoisotopic (exact) mass is 294 g/mol. The molecular weight excluding hydrogens is 272 g/mol. The maximum atomic E-state index is 12.0. The highest BCUT2D eigenvalue weighted by Gasteiger charge is 2.11. The maximum absolute atomic E-state index is 12.0. The Balaban J connectivity index is 2.28. The minimum absolute atomic E-state index is 0.0819. The number of aromatic nitrogens is 1. The Labute approximate surface area is 125 Å². The first kappa shape index (κ1) is 16.5. The van der Waals surface area contributed by atoms with Crippen LogP contribution in [-0.2, 0) is 11.2 Å². The number of nitrogens with two attached hydrogens (primary N) is 1. The summed E-state index contributed by atoms with van der Waals surface area (Å²) in [6, 6.07) is 3.98. The van der Waals surface area contributed by atoms with Gasteiger partial charge in [-0.2, -0.15) is 0 Å². The zero-order valence-electron chi connectivity index (χ0n) is 12.1. The molecule has 110 valence electrons. The lowest BCUT2D eigenvalue weighted by molar-refractivity contribution is -0.130. The Morgan fingerprint density at radius 2 is 1.95 bits per heavy atom. The van der Waals surface area contributed by atoms with Crippen molar-refractivity contribution in [3.63, 3.8) is 0 Å². The van der Waals surface area contributed by atoms with Crippen LogP contribution in [0, 0.1) is 0 Å². The number of likely N-dealkylation sites (N-methyl/N-ethyl adjacent to an activating group) is 2. The minimum atomic E-state index is 0.0819. The van der Waals surface area contributed by atoms with Crippen LogP contribution in [0.5, 0.6) is 0 Å². The van der Waals surface area contributed by atoms with Gasteiger partial charge in [0.05, 0.1) is 11.5 Å². The van der Waals surface area contributed by atoms with Crippen molar-refractivity contribution in [1.29, 1.82) is 0 Å². The number of thiocarbonyl (C=S) groups is 1. The number of hydrogen-bond donors (Lipinski definition) is 1. The van der Waals surface area contributed by atoms with Crippen LogP contribution < -0.4 is 5.73 Å². The van der Waals surface area contributed by atoms with Crippen molar-refractivity contribution in [2.75, 3.05) is 33.7 Å². The van der Waals surface area contributed by atoms with Gasteiger partial charge in [-0.1, -0.05) is 12.2 Å². The van der Waals surface area contributed by atoms with Crippen LogP contribution in [0.2, 0.25) is 0 Å². The van der Waals surface area contributed by atoms with Gasteiger partial charge in [-0.25, -0.2) is 0 Å². The fourth-order valence-corrected chi connectivity index (χ4v) is 1.79. The number of carbonyl (C=O) groups is 1. The predicted octanol–water partition coefficient (Wildman–Crippen LogP) is 0.691. The van der Waals surface area contributed by atoms with Gasteiger partial charge in [-0.3, -0.25) is 14.7 Å². The number of pyridine rings is 1. The Morgan fingerprint density at radius 1 is 1.30 bits per heavy atom. The molecule has 0 atom stereocenters. The molecular formula is C14H22N4OS. The Morgan fingerprint density at radius 3 is 2.55 bits per heavy atom. The molecule has 1 aromatic rings. The Hall–Kier alpha value is -1.53. The summed E-state index contributed by atoms with van der Waals surface area (Å²) < 4.78 is 0. The summed E-state index contributed by atoms with van der Waals surface area (Å²) in [6.45, 7) is 1.81. The maximum Gasteiger partial charge on any atom is 0.236 e. The molecule has 0 aromatic carbocycles. The van der Waals surface area contributed by atoms with Crippen molar-refractivity contribution in [1.82, 2.24) is 14.8 Å². The van der Waals surface area contributed by atoms with E-state index in [0.29, 0.717) is 24.5 Å². The molecule has 6 heteroatoms. The zero-order chi connectivity index (χ0) is 15.0. The van der Waals surface area contributed by atoms with Crippen molar-refractivity contribution in [2.45, 2.75) is 12.8 Å². The van der Waals surface area contributed by atoms with E-state index in [0.717, 1.165) is 13.0 Å². The van der Waals surface area contributed by atoms with Crippen LogP contribution in [0.3, 0.4) is 0 Å². The van der Waals surface area contributed by atoms with Crippen molar-refractivity contribution < 1.29 is 4.79 Å². The molecule has 1 aromatic heterocycles. The highest BCUT2D eigenvalue weighted by Crippen LogP contribution is 1.99. The van der Waals surface area contributed by atoms with Gasteiger partial charge in [0.15, 0.2) is 0 Å². The van der Waals surface area contributed by atoms with E-state index in [4.69, 9.17) is 18.0 Å². The molecule has 0 aliphatic heterocycles. The zero-order valence-corrected chi connectivity index (χ0v) is 12.9. The van der Waals surface area contributed by atoms with E-state index in [-0.39, 0.29) is 5.91 Å². The van der Waals surface area contributed by atoms with Gasteiger partial charge >= 0.3 is 0 Å². The molecule has 5 nitrogen and oxygen atoms in total. The largest absolute Gasteiger partial charge is 0.393 e. The summed E-state index contributed by atoms with van der Waals surface area (Å²) in [5.74, 6) is 0.0819. The van der Waals surface area contributed by atoms with Gasteiger partial charge in [0.2, 0.25) is 5.91 Å². The first-order valence-corrected chi connectivity index (χ1v) is 6.99. The lowest BCUT2D eigenvalue weighted by atomic mass is 10.2. The number of amides is 1. The second-order valence-electron chi connectivity index (χ2n) is 4.87. The van der Waals surface area contributed by atoms with E-state index >= 15 is 0 Å². The average Bonchev–Trinajstić information content (AvgIpc) is 2.43. The molecule has 0 aliphatic rings. The normalized spacial score (nSPS) is 10.6. The van der Waals surface area contributed by atoms with E-state index < -0.39 is 0 Å². The van der Waals surface area contributed by atoms with Crippen molar-refractivity contribution >= 4 is 23.1 Å². The number of hydrogen-bond acceptors (Lipinski definition) is 4. The first-order chi connectivity index (χ1) is 9.49. The molecule has 0 radical (unpaired) electrons. The fraction of sp³-hybridized carbons (Fsp3) is 0.500. The minimum Gasteiger partial charge on any atom is -0.393 e. The van der Waals surface area contributed by atoms with Crippen LogP contribution >= 0.6 is 12.2 Å². The highest BCUT2D eigenvalue weighted by molar-refractivity contribution is 7.80.